The lowest BCUT2D eigenvalue weighted by molar-refractivity contribution is 0.429. The molecule has 0 amide bonds. The summed E-state index contributed by atoms with van der Waals surface area (Å²) in [5, 5.41) is 8.78. The molecule has 11 heavy (non-hydrogen) atoms. The summed E-state index contributed by atoms with van der Waals surface area (Å²) in [5.74, 6) is 0.0708. The Morgan fingerprint density at radius 1 is 1.18 bits per heavy atom. The van der Waals surface area contributed by atoms with Crippen LogP contribution in [0.3, 0.4) is 0 Å². The fourth-order valence-corrected chi connectivity index (χ4v) is 0.697. The summed E-state index contributed by atoms with van der Waals surface area (Å²) in [6.07, 6.45) is -1.00. The maximum absolute atomic E-state index is 11.6. The van der Waals surface area contributed by atoms with Crippen LogP contribution >= 0.6 is 0 Å². The minimum Gasteiger partial charge on any atom is -0.508 e. The molecule has 0 aliphatic rings. The lowest BCUT2D eigenvalue weighted by Gasteiger charge is -1.91. The van der Waals surface area contributed by atoms with E-state index in [1.54, 1.807) is 0 Å². The first kappa shape index (κ1) is 7.72. The van der Waals surface area contributed by atoms with E-state index in [2.05, 4.69) is 0 Å². The highest BCUT2D eigenvalue weighted by Crippen LogP contribution is 2.13. The molecule has 0 saturated heterocycles. The molecule has 0 aliphatic carbocycles. The van der Waals surface area contributed by atoms with Crippen LogP contribution in [-0.2, 0) is 0 Å². The van der Waals surface area contributed by atoms with Gasteiger partial charge in [0.15, 0.2) is 0 Å². The summed E-state index contributed by atoms with van der Waals surface area (Å²) >= 11 is 0. The first-order valence-corrected chi connectivity index (χ1v) is 3.00. The van der Waals surface area contributed by atoms with E-state index >= 15 is 0 Å². The van der Waals surface area contributed by atoms with Gasteiger partial charge in [0.1, 0.15) is 5.75 Å². The molecule has 0 bridgehead atoms. The SMILES string of the molecule is Oc1ccc(C=C(F)F)cc1. The average Bonchev–Trinajstić information content (AvgIpc) is 1.93. The standard InChI is InChI=1S/C8H6F2O/c9-8(10)5-6-1-3-7(11)4-2-6/h1-5,11H. The van der Waals surface area contributed by atoms with E-state index in [-0.39, 0.29) is 5.75 Å². The smallest absolute Gasteiger partial charge is 0.270 e. The summed E-state index contributed by atoms with van der Waals surface area (Å²) in [4.78, 5) is 0. The van der Waals surface area contributed by atoms with E-state index < -0.39 is 6.08 Å². The van der Waals surface area contributed by atoms with Crippen molar-refractivity contribution >= 4 is 6.08 Å². The van der Waals surface area contributed by atoms with Crippen molar-refractivity contribution in [2.24, 2.45) is 0 Å². The number of halogens is 2. The number of benzene rings is 1. The van der Waals surface area contributed by atoms with Gasteiger partial charge in [0, 0.05) is 6.08 Å². The Hall–Kier alpha value is -1.38. The van der Waals surface area contributed by atoms with Crippen LogP contribution in [-0.4, -0.2) is 5.11 Å². The first-order valence-electron chi connectivity index (χ1n) is 3.00. The highest BCUT2D eigenvalue weighted by molar-refractivity contribution is 5.50. The second kappa shape index (κ2) is 3.14. The molecule has 0 radical (unpaired) electrons. The number of hydrogen-bond acceptors (Lipinski definition) is 1. The molecule has 1 N–H and O–H groups in total. The van der Waals surface area contributed by atoms with Crippen LogP contribution < -0.4 is 0 Å². The number of phenols is 1. The van der Waals surface area contributed by atoms with Gasteiger partial charge in [-0.25, -0.2) is 0 Å². The van der Waals surface area contributed by atoms with Crippen LogP contribution in [0.1, 0.15) is 5.56 Å². The van der Waals surface area contributed by atoms with Crippen molar-refractivity contribution in [3.63, 3.8) is 0 Å². The monoisotopic (exact) mass is 156 g/mol. The van der Waals surface area contributed by atoms with Gasteiger partial charge >= 0.3 is 0 Å². The molecule has 0 heterocycles. The summed E-state index contributed by atoms with van der Waals surface area (Å²) in [6, 6.07) is 5.53. The zero-order valence-corrected chi connectivity index (χ0v) is 5.59. The molecule has 1 rings (SSSR count). The predicted molar refractivity (Wildman–Crippen MR) is 38.3 cm³/mol. The first-order chi connectivity index (χ1) is 5.18. The quantitative estimate of drug-likeness (QED) is 0.662. The van der Waals surface area contributed by atoms with Crippen molar-refractivity contribution in [1.29, 1.82) is 0 Å². The van der Waals surface area contributed by atoms with Crippen LogP contribution in [0.4, 0.5) is 8.78 Å². The van der Waals surface area contributed by atoms with Crippen molar-refractivity contribution in [3.8, 4) is 5.75 Å². The van der Waals surface area contributed by atoms with Gasteiger partial charge in [-0.05, 0) is 17.7 Å². The van der Waals surface area contributed by atoms with Crippen LogP contribution in [0.15, 0.2) is 30.3 Å². The Labute approximate surface area is 62.6 Å². The van der Waals surface area contributed by atoms with Crippen molar-refractivity contribution in [2.75, 3.05) is 0 Å². The van der Waals surface area contributed by atoms with Gasteiger partial charge in [0.2, 0.25) is 0 Å². The lowest BCUT2D eigenvalue weighted by atomic mass is 10.2. The van der Waals surface area contributed by atoms with Crippen molar-refractivity contribution < 1.29 is 13.9 Å². The van der Waals surface area contributed by atoms with Gasteiger partial charge in [-0.15, -0.1) is 0 Å². The van der Waals surface area contributed by atoms with Crippen LogP contribution in [0.25, 0.3) is 6.08 Å². The minimum atomic E-state index is -1.74. The fraction of sp³-hybridized carbons (Fsp3) is 0. The average molecular weight is 156 g/mol. The van der Waals surface area contributed by atoms with Gasteiger partial charge in [-0.3, -0.25) is 0 Å². The Bertz CT molecular complexity index is 260. The normalized spacial score (nSPS) is 9.27. The molecule has 0 atom stereocenters. The molecule has 1 aromatic rings. The molecule has 3 heteroatoms. The summed E-state index contributed by atoms with van der Waals surface area (Å²) in [6.45, 7) is 0. The van der Waals surface area contributed by atoms with Crippen molar-refractivity contribution in [1.82, 2.24) is 0 Å². The molecule has 0 saturated carbocycles. The topological polar surface area (TPSA) is 20.2 Å². The van der Waals surface area contributed by atoms with E-state index in [4.69, 9.17) is 5.11 Å². The predicted octanol–water partition coefficient (Wildman–Crippen LogP) is 2.63. The highest BCUT2D eigenvalue weighted by atomic mass is 19.3. The van der Waals surface area contributed by atoms with Crippen LogP contribution in [0, 0.1) is 0 Å². The molecule has 0 spiro atoms. The molecular formula is C8H6F2O. The largest absolute Gasteiger partial charge is 0.508 e. The van der Waals surface area contributed by atoms with Gasteiger partial charge in [-0.1, -0.05) is 12.1 Å². The molecule has 1 nitrogen and oxygen atoms in total. The Balaban J connectivity index is 2.91. The van der Waals surface area contributed by atoms with Gasteiger partial charge in [-0.2, -0.15) is 8.78 Å². The molecule has 0 aliphatic heterocycles. The van der Waals surface area contributed by atoms with E-state index in [1.807, 2.05) is 0 Å². The lowest BCUT2D eigenvalue weighted by Crippen LogP contribution is -1.70. The second-order valence-electron chi connectivity index (χ2n) is 2.03. The Kier molecular flexibility index (Phi) is 2.21. The fourth-order valence-electron chi connectivity index (χ4n) is 0.697. The summed E-state index contributed by atoms with van der Waals surface area (Å²) in [5.41, 5.74) is 0.378. The minimum absolute atomic E-state index is 0.0708. The van der Waals surface area contributed by atoms with E-state index in [1.165, 1.54) is 24.3 Å². The van der Waals surface area contributed by atoms with Crippen molar-refractivity contribution in [3.05, 3.63) is 35.9 Å². The summed E-state index contributed by atoms with van der Waals surface area (Å²) < 4.78 is 23.2. The number of hydrogen-bond donors (Lipinski definition) is 1. The van der Waals surface area contributed by atoms with Gasteiger partial charge in [0.05, 0.1) is 0 Å². The zero-order chi connectivity index (χ0) is 8.27. The second-order valence-corrected chi connectivity index (χ2v) is 2.03. The van der Waals surface area contributed by atoms with Crippen molar-refractivity contribution in [2.45, 2.75) is 0 Å². The van der Waals surface area contributed by atoms with Crippen LogP contribution in [0.2, 0.25) is 0 Å². The number of aromatic hydroxyl groups is 1. The molecular weight excluding hydrogens is 150 g/mol. The molecule has 0 fully saturated rings. The molecule has 58 valence electrons. The molecule has 0 aromatic heterocycles. The van der Waals surface area contributed by atoms with Gasteiger partial charge < -0.3 is 5.11 Å². The third-order valence-electron chi connectivity index (χ3n) is 1.17. The maximum atomic E-state index is 11.6. The number of phenolic OH excluding ortho intramolecular Hbond substituents is 1. The Morgan fingerprint density at radius 3 is 2.18 bits per heavy atom. The van der Waals surface area contributed by atoms with E-state index in [9.17, 15) is 8.78 Å². The third kappa shape index (κ3) is 2.37. The summed E-state index contributed by atoms with van der Waals surface area (Å²) in [7, 11) is 0. The zero-order valence-electron chi connectivity index (χ0n) is 5.59. The Morgan fingerprint density at radius 2 is 1.73 bits per heavy atom. The molecule has 0 unspecified atom stereocenters. The molecule has 1 aromatic carbocycles. The van der Waals surface area contributed by atoms with E-state index in [0.29, 0.717) is 5.56 Å². The van der Waals surface area contributed by atoms with Gasteiger partial charge in [0.25, 0.3) is 6.08 Å². The third-order valence-corrected chi connectivity index (χ3v) is 1.17. The van der Waals surface area contributed by atoms with E-state index in [0.717, 1.165) is 6.08 Å². The highest BCUT2D eigenvalue weighted by Gasteiger charge is 1.91. The maximum Gasteiger partial charge on any atom is 0.270 e. The van der Waals surface area contributed by atoms with Crippen LogP contribution in [0.5, 0.6) is 5.75 Å². The number of rotatable bonds is 1.